The number of carbonyl (C=O) groups excluding carboxylic acids is 3. The van der Waals surface area contributed by atoms with Crippen LogP contribution in [0.5, 0.6) is 0 Å². The van der Waals surface area contributed by atoms with E-state index in [9.17, 15) is 70.2 Å². The first-order valence-corrected chi connectivity index (χ1v) is 25.7. The molecule has 2 bridgehead atoms. The maximum Gasteiger partial charge on any atom is 0.508 e. The molecule has 22 heteroatoms. The smallest absolute Gasteiger partial charge is 0.481 e. The van der Waals surface area contributed by atoms with E-state index >= 15 is 0 Å². The molecule has 2 saturated heterocycles. The monoisotopic (exact) mass is 1090 g/mol. The highest BCUT2D eigenvalue weighted by molar-refractivity contribution is 5.72. The third-order valence-corrected chi connectivity index (χ3v) is 13.1. The molecule has 19 atom stereocenters. The number of fused-ring (bicyclic) bond motifs is 2. The van der Waals surface area contributed by atoms with Crippen molar-refractivity contribution in [3.8, 4) is 0 Å². The highest BCUT2D eigenvalue weighted by Crippen LogP contribution is 2.40. The summed E-state index contributed by atoms with van der Waals surface area (Å²) in [4.78, 5) is 51.2. The van der Waals surface area contributed by atoms with Gasteiger partial charge in [-0.05, 0) is 33.1 Å². The van der Waals surface area contributed by atoms with E-state index in [0.717, 1.165) is 0 Å². The Kier molecular flexibility index (Phi) is 29.0. The summed E-state index contributed by atoms with van der Waals surface area (Å²) in [5.41, 5.74) is 0. The van der Waals surface area contributed by atoms with Gasteiger partial charge in [-0.15, -0.1) is 0 Å². The van der Waals surface area contributed by atoms with E-state index in [1.54, 1.807) is 86.8 Å². The summed E-state index contributed by atoms with van der Waals surface area (Å²) in [6.07, 6.45) is 0.695. The molecule has 19 unspecified atom stereocenters. The number of amides is 1. The van der Waals surface area contributed by atoms with Crippen LogP contribution in [0.25, 0.3) is 0 Å². The fourth-order valence-corrected chi connectivity index (χ4v) is 8.79. The van der Waals surface area contributed by atoms with E-state index in [1.807, 2.05) is 6.92 Å². The van der Waals surface area contributed by atoms with Gasteiger partial charge in [0, 0.05) is 37.5 Å². The lowest BCUT2D eigenvalue weighted by Gasteiger charge is -2.46. The molecule has 3 heterocycles. The molecule has 3 aliphatic heterocycles. The zero-order valence-electron chi connectivity index (χ0n) is 44.1. The number of nitrogens with one attached hydrogen (secondary N) is 1. The summed E-state index contributed by atoms with van der Waals surface area (Å²) in [6.45, 7) is 13.1. The number of aliphatic carboxylic acids is 1. The molecule has 1 amide bonds. The van der Waals surface area contributed by atoms with Crippen molar-refractivity contribution in [3.05, 3.63) is 110 Å². The summed E-state index contributed by atoms with van der Waals surface area (Å²) in [5, 5.41) is 113. The van der Waals surface area contributed by atoms with E-state index in [-0.39, 0.29) is 38.4 Å². The number of hydrogen-bond donors (Lipinski definition) is 11. The summed E-state index contributed by atoms with van der Waals surface area (Å²) in [7, 11) is 0. The van der Waals surface area contributed by atoms with Gasteiger partial charge in [0.1, 0.15) is 43.5 Å². The van der Waals surface area contributed by atoms with Gasteiger partial charge in [0.2, 0.25) is 0 Å². The van der Waals surface area contributed by atoms with Crippen LogP contribution in [0.3, 0.4) is 0 Å². The number of carboxylic acids is 1. The molecule has 0 radical (unpaired) electrons. The number of alkyl carbamates (subject to hydrolysis) is 1. The van der Waals surface area contributed by atoms with Crippen LogP contribution in [0.1, 0.15) is 79.1 Å². The highest BCUT2D eigenvalue weighted by Gasteiger charge is 2.53. The molecular weight excluding hydrogens is 1010 g/mol. The normalized spacial score (nSPS) is 39.8. The van der Waals surface area contributed by atoms with Gasteiger partial charge in [0.15, 0.2) is 12.1 Å². The second-order valence-electron chi connectivity index (χ2n) is 19.5. The van der Waals surface area contributed by atoms with Crippen LogP contribution < -0.4 is 5.32 Å². The van der Waals surface area contributed by atoms with E-state index in [0.29, 0.717) is 0 Å². The summed E-state index contributed by atoms with van der Waals surface area (Å²) in [6, 6.07) is -1.40. The summed E-state index contributed by atoms with van der Waals surface area (Å²) >= 11 is 0. The number of aliphatic hydroxyl groups is 9. The lowest BCUT2D eigenvalue weighted by molar-refractivity contribution is -0.309. The maximum atomic E-state index is 13.1. The Labute approximate surface area is 449 Å². The highest BCUT2D eigenvalue weighted by atomic mass is 16.7. The number of ether oxygens (including phenoxy) is 7. The molecule has 2 fully saturated rings. The minimum atomic E-state index is -2.50. The third-order valence-electron chi connectivity index (χ3n) is 13.1. The Bertz CT molecular complexity index is 2070. The van der Waals surface area contributed by atoms with Crippen molar-refractivity contribution in [2.45, 2.75) is 177 Å². The lowest BCUT2D eigenvalue weighted by atomic mass is 9.82. The number of carboxylic acid groups (broad SMARTS) is 1. The van der Waals surface area contributed by atoms with Gasteiger partial charge in [0.05, 0.1) is 67.4 Å². The van der Waals surface area contributed by atoms with Crippen LogP contribution in [0.2, 0.25) is 0 Å². The van der Waals surface area contributed by atoms with Gasteiger partial charge in [-0.1, -0.05) is 124 Å². The minimum absolute atomic E-state index is 0.160. The number of aliphatic hydroxyl groups excluding tert-OH is 8. The minimum Gasteiger partial charge on any atom is -0.481 e. The molecule has 3 aliphatic rings. The van der Waals surface area contributed by atoms with Crippen molar-refractivity contribution in [2.75, 3.05) is 13.2 Å². The Morgan fingerprint density at radius 1 is 0.701 bits per heavy atom. The molecule has 0 aromatic heterocycles. The third kappa shape index (κ3) is 23.3. The van der Waals surface area contributed by atoms with Crippen LogP contribution in [-0.4, -0.2) is 186 Å². The molecule has 0 aromatic rings. The maximum absolute atomic E-state index is 13.1. The molecule has 0 saturated carbocycles. The second-order valence-corrected chi connectivity index (χ2v) is 19.5. The molecule has 432 valence electrons. The zero-order valence-corrected chi connectivity index (χ0v) is 44.1. The van der Waals surface area contributed by atoms with E-state index in [2.05, 4.69) is 18.5 Å². The number of allylic oxidation sites excluding steroid dienone is 12. The average molecular weight is 1090 g/mol. The Balaban J connectivity index is 2.02. The average Bonchev–Trinajstić information content (AvgIpc) is 3.36. The Hall–Kier alpha value is -5.34. The van der Waals surface area contributed by atoms with Gasteiger partial charge >= 0.3 is 24.2 Å². The first kappa shape index (κ1) is 65.9. The van der Waals surface area contributed by atoms with Crippen molar-refractivity contribution >= 4 is 24.2 Å². The van der Waals surface area contributed by atoms with Gasteiger partial charge in [-0.25, -0.2) is 9.59 Å². The van der Waals surface area contributed by atoms with E-state index in [4.69, 9.17) is 33.2 Å². The predicted molar refractivity (Wildman–Crippen MR) is 278 cm³/mol. The van der Waals surface area contributed by atoms with Crippen molar-refractivity contribution in [3.63, 3.8) is 0 Å². The van der Waals surface area contributed by atoms with Crippen molar-refractivity contribution in [1.29, 1.82) is 0 Å². The van der Waals surface area contributed by atoms with Gasteiger partial charge < -0.3 is 89.5 Å². The van der Waals surface area contributed by atoms with Gasteiger partial charge in [0.25, 0.3) is 0 Å². The lowest BCUT2D eigenvalue weighted by Crippen LogP contribution is -2.64. The quantitative estimate of drug-likeness (QED) is 0.0898. The van der Waals surface area contributed by atoms with E-state index < -0.39 is 166 Å². The van der Waals surface area contributed by atoms with Crippen LogP contribution in [0.15, 0.2) is 110 Å². The van der Waals surface area contributed by atoms with Crippen molar-refractivity contribution < 1.29 is 103 Å². The van der Waals surface area contributed by atoms with Crippen LogP contribution >= 0.6 is 0 Å². The van der Waals surface area contributed by atoms with E-state index in [1.165, 1.54) is 31.2 Å². The van der Waals surface area contributed by atoms with Crippen molar-refractivity contribution in [1.82, 2.24) is 5.32 Å². The molecule has 77 heavy (non-hydrogen) atoms. The predicted octanol–water partition coefficient (Wildman–Crippen LogP) is 3.01. The number of rotatable bonds is 9. The molecule has 0 aromatic carbocycles. The Morgan fingerprint density at radius 2 is 1.29 bits per heavy atom. The summed E-state index contributed by atoms with van der Waals surface area (Å²) < 4.78 is 39.0. The first-order chi connectivity index (χ1) is 36.5. The van der Waals surface area contributed by atoms with Gasteiger partial charge in [-0.3, -0.25) is 9.59 Å². The molecule has 22 nitrogen and oxygen atoms in total. The number of hydrogen-bond acceptors (Lipinski definition) is 20. The first-order valence-electron chi connectivity index (χ1n) is 25.7. The fourth-order valence-electron chi connectivity index (χ4n) is 8.79. The van der Waals surface area contributed by atoms with Crippen LogP contribution in [0, 0.1) is 17.8 Å². The van der Waals surface area contributed by atoms with Crippen LogP contribution in [0.4, 0.5) is 9.59 Å². The zero-order chi connectivity index (χ0) is 57.2. The largest absolute Gasteiger partial charge is 0.508 e. The number of cyclic esters (lactones) is 1. The molecule has 3 rings (SSSR count). The molecule has 0 aliphatic carbocycles. The molecular formula is C55H81NO21. The topological polar surface area (TPSA) is 347 Å². The molecule has 11 N–H and O–H groups in total. The Morgan fingerprint density at radius 3 is 1.88 bits per heavy atom. The standard InChI is InChI=1S/C55H81NO21/c1-7-25-71-53(68)56-47-49(64)36(6)74-52(50(47)65)75-40-22-20-18-16-14-12-10-9-11-13-15-17-19-21-33(3)48(63)34(4)35(5)73-45(62)29-38(58)27-37(57)23-24-41(60)42(61)28-39(59)31-55(70)32-44(76-54(69)72-26-8-2)46(51(66)67)43(30-40)77-55/h7-22,33-44,46-50,52,57-61,63-65,70H,1-2,23-32H2,3-6H3,(H,56,68)(H,66,67)/b10-9+,13-11+,14-12+,17-15+,18-16+,21-19+,22-20+. The number of esters is 1. The fraction of sp³-hybridized carbons (Fsp3) is 0.600. The van der Waals surface area contributed by atoms with Gasteiger partial charge in [-0.2, -0.15) is 0 Å². The SMILES string of the molecule is C=CCOC(=O)NC1C(O)C(C)OC(OC2/C=C/C=C/C=C/C=C/C=C/C=C/C=C/C(C)C(O)C(C)C(C)OC(=O)CC(O)CC(O)CCC(O)C(O)CC(O)CC3(O)CC(OC(=O)OCC=C)C(C(=O)O)C(C2)O3)C1O. The number of carbonyl (C=O) groups is 4. The van der Waals surface area contributed by atoms with Crippen molar-refractivity contribution in [2.24, 2.45) is 17.8 Å². The van der Waals surface area contributed by atoms with Crippen LogP contribution in [-0.2, 0) is 42.7 Å². The summed E-state index contributed by atoms with van der Waals surface area (Å²) in [5.74, 6) is -7.36. The second kappa shape index (κ2) is 33.8. The molecule has 0 spiro atoms.